The molecular weight excluding hydrogens is 437 g/mol. The van der Waals surface area contributed by atoms with Crippen LogP contribution in [0.5, 0.6) is 0 Å². The van der Waals surface area contributed by atoms with E-state index in [0.29, 0.717) is 37.3 Å². The highest BCUT2D eigenvalue weighted by Crippen LogP contribution is 2.34. The molecule has 4 heterocycles. The van der Waals surface area contributed by atoms with E-state index in [9.17, 15) is 18.0 Å². The van der Waals surface area contributed by atoms with Crippen molar-refractivity contribution in [3.05, 3.63) is 23.7 Å². The lowest BCUT2D eigenvalue weighted by Gasteiger charge is -2.26. The predicted molar refractivity (Wildman–Crippen MR) is 117 cm³/mol. The minimum absolute atomic E-state index is 0.0592. The number of alkyl halides is 3. The van der Waals surface area contributed by atoms with E-state index in [-0.39, 0.29) is 30.3 Å². The summed E-state index contributed by atoms with van der Waals surface area (Å²) in [6.45, 7) is 5.06. The molecule has 2 aliphatic heterocycles. The Hall–Kier alpha value is -2.89. The maximum Gasteiger partial charge on any atom is 0.421 e. The summed E-state index contributed by atoms with van der Waals surface area (Å²) in [7, 11) is 0. The second-order valence-electron chi connectivity index (χ2n) is 8.45. The number of anilines is 3. The number of aromatic nitrogens is 4. The summed E-state index contributed by atoms with van der Waals surface area (Å²) >= 11 is 0. The number of likely N-dealkylation sites (tertiary alicyclic amines) is 1. The Labute approximate surface area is 190 Å². The average molecular weight is 467 g/mol. The monoisotopic (exact) mass is 466 g/mol. The van der Waals surface area contributed by atoms with Crippen LogP contribution >= 0.6 is 0 Å². The highest BCUT2D eigenvalue weighted by Gasteiger charge is 2.35. The summed E-state index contributed by atoms with van der Waals surface area (Å²) in [5.41, 5.74) is 0.439. The van der Waals surface area contributed by atoms with E-state index in [1.807, 2.05) is 17.8 Å². The third-order valence-corrected chi connectivity index (χ3v) is 5.98. The van der Waals surface area contributed by atoms with Crippen molar-refractivity contribution < 1.29 is 18.0 Å². The molecule has 180 valence electrons. The van der Waals surface area contributed by atoms with Gasteiger partial charge in [-0.3, -0.25) is 9.48 Å². The molecule has 0 unspecified atom stereocenters. The van der Waals surface area contributed by atoms with Crippen molar-refractivity contribution >= 4 is 23.4 Å². The largest absolute Gasteiger partial charge is 0.421 e. The van der Waals surface area contributed by atoms with Gasteiger partial charge in [0.05, 0.1) is 17.4 Å². The van der Waals surface area contributed by atoms with E-state index in [0.717, 1.165) is 38.5 Å². The third kappa shape index (κ3) is 5.73. The van der Waals surface area contributed by atoms with Crippen molar-refractivity contribution in [2.45, 2.75) is 51.2 Å². The number of rotatable bonds is 8. The van der Waals surface area contributed by atoms with Crippen LogP contribution in [0.3, 0.4) is 0 Å². The lowest BCUT2D eigenvalue weighted by atomic mass is 10.1. The SMILES string of the molecule is Cc1nn([C@@H]2CCNC2)cc1Nc1ncc(C(F)(F)F)c(NCCCN2CCCCC2=O)n1. The van der Waals surface area contributed by atoms with Crippen molar-refractivity contribution in [1.82, 2.24) is 30.0 Å². The summed E-state index contributed by atoms with van der Waals surface area (Å²) in [5.74, 6) is -0.117. The Morgan fingerprint density at radius 2 is 2.15 bits per heavy atom. The first-order valence-corrected chi connectivity index (χ1v) is 11.3. The number of halogens is 3. The number of amides is 1. The Kier molecular flexibility index (Phi) is 7.01. The van der Waals surface area contributed by atoms with E-state index in [1.165, 1.54) is 0 Å². The predicted octanol–water partition coefficient (Wildman–Crippen LogP) is 3.09. The van der Waals surface area contributed by atoms with Gasteiger partial charge in [0.25, 0.3) is 0 Å². The molecular formula is C21H29F3N8O. The van der Waals surface area contributed by atoms with Crippen LogP contribution in [0.4, 0.5) is 30.6 Å². The Balaban J connectivity index is 1.43. The molecule has 0 bridgehead atoms. The molecule has 1 atom stereocenters. The molecule has 9 nitrogen and oxygen atoms in total. The Morgan fingerprint density at radius 1 is 1.30 bits per heavy atom. The zero-order valence-electron chi connectivity index (χ0n) is 18.6. The lowest BCUT2D eigenvalue weighted by Crippen LogP contribution is -2.36. The molecule has 2 aromatic rings. The molecule has 0 aliphatic carbocycles. The van der Waals surface area contributed by atoms with Gasteiger partial charge < -0.3 is 20.9 Å². The first-order chi connectivity index (χ1) is 15.8. The van der Waals surface area contributed by atoms with Gasteiger partial charge >= 0.3 is 6.18 Å². The molecule has 2 aromatic heterocycles. The standard InChI is InChI=1S/C21H29F3N8O/c1-14-17(13-32(30-14)15-6-8-25-11-15)28-20-27-12-16(21(22,23)24)19(29-20)26-7-4-10-31-9-3-2-5-18(31)33/h12-13,15,25H,2-11H2,1H3,(H2,26,27,28,29)/t15-/m1/s1. The molecule has 4 rings (SSSR count). The molecule has 2 fully saturated rings. The second kappa shape index (κ2) is 9.94. The van der Waals surface area contributed by atoms with Crippen molar-refractivity contribution in [2.24, 2.45) is 0 Å². The topological polar surface area (TPSA) is 100 Å². The highest BCUT2D eigenvalue weighted by atomic mass is 19.4. The van der Waals surface area contributed by atoms with Gasteiger partial charge in [-0.25, -0.2) is 4.98 Å². The van der Waals surface area contributed by atoms with Gasteiger partial charge in [-0.05, 0) is 39.2 Å². The van der Waals surface area contributed by atoms with Crippen molar-refractivity contribution in [1.29, 1.82) is 0 Å². The fraction of sp³-hybridized carbons (Fsp3) is 0.619. The molecule has 0 aromatic carbocycles. The Morgan fingerprint density at radius 3 is 2.88 bits per heavy atom. The van der Waals surface area contributed by atoms with Crippen LogP contribution in [-0.2, 0) is 11.0 Å². The van der Waals surface area contributed by atoms with Gasteiger partial charge in [0.15, 0.2) is 0 Å². The van der Waals surface area contributed by atoms with E-state index >= 15 is 0 Å². The number of carbonyl (C=O) groups excluding carboxylic acids is 1. The van der Waals surface area contributed by atoms with Crippen LogP contribution in [0.2, 0.25) is 0 Å². The number of carbonyl (C=O) groups is 1. The first kappa shape index (κ1) is 23.3. The average Bonchev–Trinajstić information content (AvgIpc) is 3.42. The van der Waals surface area contributed by atoms with E-state index in [1.54, 1.807) is 4.90 Å². The summed E-state index contributed by atoms with van der Waals surface area (Å²) in [6, 6.07) is 0.247. The molecule has 0 saturated carbocycles. The first-order valence-electron chi connectivity index (χ1n) is 11.3. The van der Waals surface area contributed by atoms with E-state index in [2.05, 4.69) is 31.0 Å². The number of hydrogen-bond donors (Lipinski definition) is 3. The fourth-order valence-corrected chi connectivity index (χ4v) is 4.14. The molecule has 33 heavy (non-hydrogen) atoms. The molecule has 0 spiro atoms. The minimum atomic E-state index is -4.58. The Bertz CT molecular complexity index is 971. The minimum Gasteiger partial charge on any atom is -0.369 e. The maximum absolute atomic E-state index is 13.5. The number of piperidine rings is 1. The van der Waals surface area contributed by atoms with Gasteiger partial charge in [-0.2, -0.15) is 23.3 Å². The van der Waals surface area contributed by atoms with Gasteiger partial charge in [-0.1, -0.05) is 0 Å². The van der Waals surface area contributed by atoms with Gasteiger partial charge in [0, 0.05) is 45.0 Å². The van der Waals surface area contributed by atoms with Crippen LogP contribution in [0.25, 0.3) is 0 Å². The quantitative estimate of drug-likeness (QED) is 0.514. The molecule has 1 amide bonds. The van der Waals surface area contributed by atoms with E-state index < -0.39 is 11.7 Å². The maximum atomic E-state index is 13.5. The molecule has 3 N–H and O–H groups in total. The van der Waals surface area contributed by atoms with Crippen LogP contribution in [0.15, 0.2) is 12.4 Å². The molecule has 2 saturated heterocycles. The highest BCUT2D eigenvalue weighted by molar-refractivity contribution is 5.76. The van der Waals surface area contributed by atoms with E-state index in [4.69, 9.17) is 0 Å². The second-order valence-corrected chi connectivity index (χ2v) is 8.45. The zero-order valence-corrected chi connectivity index (χ0v) is 18.6. The number of nitrogens with zero attached hydrogens (tertiary/aromatic N) is 5. The smallest absolute Gasteiger partial charge is 0.369 e. The van der Waals surface area contributed by atoms with Crippen molar-refractivity contribution in [3.8, 4) is 0 Å². The molecule has 2 aliphatic rings. The van der Waals surface area contributed by atoms with Gasteiger partial charge in [0.2, 0.25) is 11.9 Å². The molecule has 0 radical (unpaired) electrons. The van der Waals surface area contributed by atoms with Crippen LogP contribution < -0.4 is 16.0 Å². The van der Waals surface area contributed by atoms with Crippen LogP contribution in [-0.4, -0.2) is 63.3 Å². The number of hydrogen-bond acceptors (Lipinski definition) is 7. The van der Waals surface area contributed by atoms with Crippen LogP contribution in [0.1, 0.15) is 49.4 Å². The summed E-state index contributed by atoms with van der Waals surface area (Å²) in [4.78, 5) is 21.6. The zero-order chi connectivity index (χ0) is 23.4. The number of aryl methyl sites for hydroxylation is 1. The summed E-state index contributed by atoms with van der Waals surface area (Å²) < 4.78 is 42.3. The lowest BCUT2D eigenvalue weighted by molar-refractivity contribution is -0.137. The number of nitrogens with one attached hydrogen (secondary N) is 3. The summed E-state index contributed by atoms with van der Waals surface area (Å²) in [6.07, 6.45) is 1.93. The van der Waals surface area contributed by atoms with Crippen molar-refractivity contribution in [2.75, 3.05) is 43.4 Å². The molecule has 12 heteroatoms. The third-order valence-electron chi connectivity index (χ3n) is 5.98. The van der Waals surface area contributed by atoms with Crippen LogP contribution in [0, 0.1) is 6.92 Å². The van der Waals surface area contributed by atoms with Crippen molar-refractivity contribution in [3.63, 3.8) is 0 Å². The normalized spacial score (nSPS) is 19.2. The van der Waals surface area contributed by atoms with Gasteiger partial charge in [-0.15, -0.1) is 0 Å². The fourth-order valence-electron chi connectivity index (χ4n) is 4.14. The van der Waals surface area contributed by atoms with Gasteiger partial charge in [0.1, 0.15) is 11.4 Å². The summed E-state index contributed by atoms with van der Waals surface area (Å²) in [5, 5.41) is 13.6.